The fourth-order valence-corrected chi connectivity index (χ4v) is 1.51. The fraction of sp³-hybridized carbons (Fsp3) is 0.333. The van der Waals surface area contributed by atoms with Crippen LogP contribution in [0.5, 0.6) is 0 Å². The van der Waals surface area contributed by atoms with Crippen molar-refractivity contribution in [2.75, 3.05) is 14.2 Å². The van der Waals surface area contributed by atoms with Crippen molar-refractivity contribution in [1.82, 2.24) is 0 Å². The lowest BCUT2D eigenvalue weighted by Gasteiger charge is -2.07. The number of carbonyl (C=O) groups is 2. The molecule has 0 aliphatic rings. The molecule has 0 radical (unpaired) electrons. The molecule has 17 heavy (non-hydrogen) atoms. The smallest absolute Gasteiger partial charge is 0.344 e. The van der Waals surface area contributed by atoms with Gasteiger partial charge in [0.1, 0.15) is 4.48 Å². The SMILES string of the molecule is COC(=O)/C(Br)=C\C(=C/C(Cl)(Cl)Cl)C(=O)OC. The van der Waals surface area contributed by atoms with E-state index in [1.165, 1.54) is 7.11 Å². The van der Waals surface area contributed by atoms with E-state index in [9.17, 15) is 9.59 Å². The van der Waals surface area contributed by atoms with Crippen molar-refractivity contribution in [1.29, 1.82) is 0 Å². The van der Waals surface area contributed by atoms with E-state index in [-0.39, 0.29) is 10.1 Å². The summed E-state index contributed by atoms with van der Waals surface area (Å²) in [6.45, 7) is 0. The highest BCUT2D eigenvalue weighted by Crippen LogP contribution is 2.30. The molecule has 0 aromatic rings. The van der Waals surface area contributed by atoms with Crippen molar-refractivity contribution >= 4 is 62.7 Å². The molecule has 0 aliphatic heterocycles. The van der Waals surface area contributed by atoms with Gasteiger partial charge in [0.05, 0.1) is 19.8 Å². The number of hydrogen-bond donors (Lipinski definition) is 0. The summed E-state index contributed by atoms with van der Waals surface area (Å²) in [5.74, 6) is -1.43. The van der Waals surface area contributed by atoms with Crippen LogP contribution in [0.2, 0.25) is 0 Å². The van der Waals surface area contributed by atoms with Gasteiger partial charge in [-0.3, -0.25) is 0 Å². The average molecular weight is 366 g/mol. The fourth-order valence-electron chi connectivity index (χ4n) is 0.747. The van der Waals surface area contributed by atoms with E-state index >= 15 is 0 Å². The lowest BCUT2D eigenvalue weighted by Crippen LogP contribution is -2.09. The second kappa shape index (κ2) is 7.26. The first-order valence-corrected chi connectivity index (χ1v) is 5.97. The van der Waals surface area contributed by atoms with Crippen LogP contribution in [0.15, 0.2) is 22.2 Å². The number of methoxy groups -OCH3 is 2. The standard InChI is InChI=1S/C9H8BrCl3O4/c1-16-7(14)5(4-9(11,12)13)3-6(10)8(15)17-2/h3-4H,1-2H3/b5-4+,6-3+. The Bertz CT molecular complexity index is 371. The van der Waals surface area contributed by atoms with Crippen molar-refractivity contribution in [2.45, 2.75) is 3.79 Å². The maximum Gasteiger partial charge on any atom is 0.344 e. The summed E-state index contributed by atoms with van der Waals surface area (Å²) < 4.78 is 7.10. The Hall–Kier alpha value is -0.230. The van der Waals surface area contributed by atoms with Gasteiger partial charge < -0.3 is 9.47 Å². The summed E-state index contributed by atoms with van der Waals surface area (Å²) in [6, 6.07) is 0. The Morgan fingerprint density at radius 3 is 1.94 bits per heavy atom. The van der Waals surface area contributed by atoms with Gasteiger partial charge in [-0.25, -0.2) is 9.59 Å². The first-order chi connectivity index (χ1) is 7.71. The maximum atomic E-state index is 11.4. The van der Waals surface area contributed by atoms with Crippen molar-refractivity contribution in [2.24, 2.45) is 0 Å². The number of halogens is 4. The molecule has 8 heteroatoms. The van der Waals surface area contributed by atoms with Crippen LogP contribution < -0.4 is 0 Å². The van der Waals surface area contributed by atoms with Crippen LogP contribution in [0.1, 0.15) is 0 Å². The first kappa shape index (κ1) is 16.8. The number of hydrogen-bond acceptors (Lipinski definition) is 4. The number of rotatable bonds is 3. The van der Waals surface area contributed by atoms with Gasteiger partial charge in [-0.15, -0.1) is 0 Å². The van der Waals surface area contributed by atoms with Crippen molar-refractivity contribution in [3.05, 3.63) is 22.2 Å². The van der Waals surface area contributed by atoms with Crippen LogP contribution in [0.25, 0.3) is 0 Å². The minimum atomic E-state index is -1.79. The number of allylic oxidation sites excluding steroid dienone is 1. The van der Waals surface area contributed by atoms with Crippen LogP contribution in [-0.2, 0) is 19.1 Å². The highest BCUT2D eigenvalue weighted by molar-refractivity contribution is 9.12. The normalized spacial score (nSPS) is 13.3. The van der Waals surface area contributed by atoms with Crippen LogP contribution >= 0.6 is 50.7 Å². The quantitative estimate of drug-likeness (QED) is 0.334. The molecular weight excluding hydrogens is 358 g/mol. The minimum Gasteiger partial charge on any atom is -0.465 e. The van der Waals surface area contributed by atoms with E-state index in [1.807, 2.05) is 0 Å². The van der Waals surface area contributed by atoms with Crippen molar-refractivity contribution in [3.63, 3.8) is 0 Å². The predicted octanol–water partition coefficient (Wildman–Crippen LogP) is 2.91. The lowest BCUT2D eigenvalue weighted by atomic mass is 10.2. The minimum absolute atomic E-state index is 0.00843. The number of esters is 2. The van der Waals surface area contributed by atoms with Crippen LogP contribution in [0.4, 0.5) is 0 Å². The molecule has 0 spiro atoms. The Labute approximate surface area is 122 Å². The third kappa shape index (κ3) is 6.93. The van der Waals surface area contributed by atoms with Crippen molar-refractivity contribution < 1.29 is 19.1 Å². The second-order valence-corrected chi connectivity index (χ2v) is 5.84. The lowest BCUT2D eigenvalue weighted by molar-refractivity contribution is -0.135. The topological polar surface area (TPSA) is 52.6 Å². The molecule has 0 N–H and O–H groups in total. The number of alkyl halides is 3. The second-order valence-electron chi connectivity index (χ2n) is 2.62. The largest absolute Gasteiger partial charge is 0.465 e. The molecule has 96 valence electrons. The van der Waals surface area contributed by atoms with Crippen molar-refractivity contribution in [3.8, 4) is 0 Å². The molecule has 0 saturated carbocycles. The van der Waals surface area contributed by atoms with Gasteiger partial charge in [-0.2, -0.15) is 0 Å². The number of ether oxygens (including phenoxy) is 2. The summed E-state index contributed by atoms with van der Waals surface area (Å²) in [5.41, 5.74) is -0.0928. The summed E-state index contributed by atoms with van der Waals surface area (Å²) in [4.78, 5) is 22.5. The maximum absolute atomic E-state index is 11.4. The van der Waals surface area contributed by atoms with Gasteiger partial charge in [-0.1, -0.05) is 34.8 Å². The van der Waals surface area contributed by atoms with Crippen LogP contribution in [-0.4, -0.2) is 30.0 Å². The van der Waals surface area contributed by atoms with E-state index < -0.39 is 15.7 Å². The molecular formula is C9H8BrCl3O4. The molecule has 0 aliphatic carbocycles. The monoisotopic (exact) mass is 364 g/mol. The molecule has 0 saturated heterocycles. The highest BCUT2D eigenvalue weighted by Gasteiger charge is 2.21. The van der Waals surface area contributed by atoms with Crippen LogP contribution in [0, 0.1) is 0 Å². The summed E-state index contributed by atoms with van der Waals surface area (Å²) in [5, 5.41) is 0. The van der Waals surface area contributed by atoms with Gasteiger partial charge in [-0.05, 0) is 28.1 Å². The van der Waals surface area contributed by atoms with E-state index in [2.05, 4.69) is 25.4 Å². The van der Waals surface area contributed by atoms with Gasteiger partial charge >= 0.3 is 11.9 Å². The summed E-state index contributed by atoms with van der Waals surface area (Å²) in [6.07, 6.45) is 2.16. The Kier molecular flexibility index (Phi) is 7.16. The zero-order valence-corrected chi connectivity index (χ0v) is 12.7. The van der Waals surface area contributed by atoms with E-state index in [0.717, 1.165) is 19.3 Å². The molecule has 0 amide bonds. The summed E-state index contributed by atoms with van der Waals surface area (Å²) in [7, 11) is 2.35. The molecule has 0 heterocycles. The van der Waals surface area contributed by atoms with E-state index in [1.54, 1.807) is 0 Å². The first-order valence-electron chi connectivity index (χ1n) is 4.04. The van der Waals surface area contributed by atoms with Gasteiger partial charge in [0.15, 0.2) is 0 Å². The summed E-state index contributed by atoms with van der Waals surface area (Å²) >= 11 is 19.5. The predicted molar refractivity (Wildman–Crippen MR) is 69.4 cm³/mol. The average Bonchev–Trinajstić information content (AvgIpc) is 2.23. The molecule has 0 rings (SSSR count). The van der Waals surface area contributed by atoms with Gasteiger partial charge in [0.2, 0.25) is 3.79 Å². The highest BCUT2D eigenvalue weighted by atomic mass is 79.9. The van der Waals surface area contributed by atoms with E-state index in [0.29, 0.717) is 0 Å². The van der Waals surface area contributed by atoms with Gasteiger partial charge in [0.25, 0.3) is 0 Å². The van der Waals surface area contributed by atoms with Gasteiger partial charge in [0, 0.05) is 0 Å². The molecule has 0 bridgehead atoms. The molecule has 0 aromatic carbocycles. The molecule has 0 atom stereocenters. The molecule has 4 nitrogen and oxygen atoms in total. The Morgan fingerprint density at radius 1 is 1.12 bits per heavy atom. The zero-order chi connectivity index (χ0) is 13.6. The van der Waals surface area contributed by atoms with Crippen LogP contribution in [0.3, 0.4) is 0 Å². The molecule has 0 unspecified atom stereocenters. The Balaban J connectivity index is 5.31. The third-order valence-electron chi connectivity index (χ3n) is 1.40. The third-order valence-corrected chi connectivity index (χ3v) is 2.28. The molecule has 0 fully saturated rings. The Morgan fingerprint density at radius 2 is 1.59 bits per heavy atom. The molecule has 0 aromatic heterocycles. The van der Waals surface area contributed by atoms with E-state index in [4.69, 9.17) is 34.8 Å². The zero-order valence-electron chi connectivity index (χ0n) is 8.80. The number of carbonyl (C=O) groups excluding carboxylic acids is 2.